The summed E-state index contributed by atoms with van der Waals surface area (Å²) in [5, 5.41) is 0. The first-order chi connectivity index (χ1) is 5.93. The fraction of sp³-hybridized carbons (Fsp3) is 1.00. The highest BCUT2D eigenvalue weighted by molar-refractivity contribution is 6.49. The van der Waals surface area contributed by atoms with Gasteiger partial charge in [-0.2, -0.15) is 0 Å². The molecule has 0 radical (unpaired) electrons. The minimum atomic E-state index is -0.333. The predicted molar refractivity (Wildman–Crippen MR) is 50.1 cm³/mol. The van der Waals surface area contributed by atoms with Crippen molar-refractivity contribution in [1.29, 1.82) is 0 Å². The SMILES string of the molecule is CCCOCC1CO1.O1[SiH2]O[SiH2]1. The number of hydrogen-bond acceptors (Lipinski definition) is 4. The molecule has 0 N–H and O–H groups in total. The van der Waals surface area contributed by atoms with Gasteiger partial charge in [0.25, 0.3) is 20.0 Å². The van der Waals surface area contributed by atoms with Crippen LogP contribution in [0.25, 0.3) is 0 Å². The molecule has 4 nitrogen and oxygen atoms in total. The van der Waals surface area contributed by atoms with E-state index >= 15 is 0 Å². The van der Waals surface area contributed by atoms with Crippen LogP contribution in [0.4, 0.5) is 0 Å². The molecule has 0 bridgehead atoms. The minimum Gasteiger partial charge on any atom is -0.425 e. The van der Waals surface area contributed by atoms with Crippen LogP contribution in [0, 0.1) is 0 Å². The smallest absolute Gasteiger partial charge is 0.286 e. The van der Waals surface area contributed by atoms with Crippen LogP contribution in [-0.4, -0.2) is 45.9 Å². The molecule has 2 aliphatic rings. The maximum Gasteiger partial charge on any atom is 0.286 e. The predicted octanol–water partition coefficient (Wildman–Crippen LogP) is -1.16. The highest BCUT2D eigenvalue weighted by Gasteiger charge is 2.21. The van der Waals surface area contributed by atoms with Crippen molar-refractivity contribution >= 4 is 20.0 Å². The van der Waals surface area contributed by atoms with Gasteiger partial charge in [-0.05, 0) is 6.42 Å². The summed E-state index contributed by atoms with van der Waals surface area (Å²) in [5.41, 5.74) is 0. The molecule has 0 saturated carbocycles. The third kappa shape index (κ3) is 5.87. The van der Waals surface area contributed by atoms with Gasteiger partial charge in [-0.1, -0.05) is 6.92 Å². The van der Waals surface area contributed by atoms with Gasteiger partial charge in [-0.25, -0.2) is 0 Å². The van der Waals surface area contributed by atoms with Crippen molar-refractivity contribution in [3.63, 3.8) is 0 Å². The van der Waals surface area contributed by atoms with E-state index in [1.165, 1.54) is 0 Å². The maximum absolute atomic E-state index is 5.18. The zero-order valence-corrected chi connectivity index (χ0v) is 10.3. The third-order valence-corrected chi connectivity index (χ3v) is 4.05. The number of hydrogen-bond donors (Lipinski definition) is 0. The Kier molecular flexibility index (Phi) is 5.83. The first-order valence-corrected chi connectivity index (χ1v) is 6.59. The van der Waals surface area contributed by atoms with Gasteiger partial charge in [-0.15, -0.1) is 0 Å². The second kappa shape index (κ2) is 6.75. The Bertz CT molecular complexity index is 102. The summed E-state index contributed by atoms with van der Waals surface area (Å²) < 4.78 is 19.7. The molecule has 2 heterocycles. The molecule has 12 heavy (non-hydrogen) atoms. The second-order valence-corrected chi connectivity index (χ2v) is 6.41. The van der Waals surface area contributed by atoms with Gasteiger partial charge in [-0.3, -0.25) is 0 Å². The molecule has 2 saturated heterocycles. The van der Waals surface area contributed by atoms with E-state index in [4.69, 9.17) is 17.7 Å². The Labute approximate surface area is 77.7 Å². The summed E-state index contributed by atoms with van der Waals surface area (Å²) in [4.78, 5) is 0. The highest BCUT2D eigenvalue weighted by atomic mass is 28.4. The molecule has 0 aliphatic carbocycles. The van der Waals surface area contributed by atoms with Gasteiger partial charge < -0.3 is 17.7 Å². The number of ether oxygens (including phenoxy) is 2. The lowest BCUT2D eigenvalue weighted by molar-refractivity contribution is 0.117. The first kappa shape index (κ1) is 10.4. The minimum absolute atomic E-state index is 0.333. The maximum atomic E-state index is 5.18. The lowest BCUT2D eigenvalue weighted by Gasteiger charge is -2.10. The molecule has 0 aromatic rings. The monoisotopic (exact) mass is 208 g/mol. The summed E-state index contributed by atoms with van der Waals surface area (Å²) in [6.45, 7) is 4.69. The Morgan fingerprint density at radius 2 is 2.00 bits per heavy atom. The molecule has 1 atom stereocenters. The number of rotatable bonds is 4. The average molecular weight is 208 g/mol. The molecular formula is C6H16O4Si2. The zero-order chi connectivity index (χ0) is 8.65. The summed E-state index contributed by atoms with van der Waals surface area (Å²) in [6, 6.07) is 0. The summed E-state index contributed by atoms with van der Waals surface area (Å²) in [5.74, 6) is 0. The molecule has 0 aromatic carbocycles. The molecule has 2 fully saturated rings. The Hall–Kier alpha value is 0.274. The summed E-state index contributed by atoms with van der Waals surface area (Å²) in [7, 11) is -0.667. The lowest BCUT2D eigenvalue weighted by Crippen LogP contribution is -2.23. The van der Waals surface area contributed by atoms with Crippen LogP contribution in [-0.2, 0) is 17.7 Å². The van der Waals surface area contributed by atoms with E-state index in [0.717, 1.165) is 26.2 Å². The fourth-order valence-electron chi connectivity index (χ4n) is 0.607. The molecule has 0 spiro atoms. The quantitative estimate of drug-likeness (QED) is 0.332. The molecule has 72 valence electrons. The van der Waals surface area contributed by atoms with Crippen LogP contribution in [0.3, 0.4) is 0 Å². The van der Waals surface area contributed by atoms with Crippen molar-refractivity contribution in [2.45, 2.75) is 19.4 Å². The van der Waals surface area contributed by atoms with Gasteiger partial charge >= 0.3 is 0 Å². The lowest BCUT2D eigenvalue weighted by atomic mass is 10.5. The van der Waals surface area contributed by atoms with Gasteiger partial charge in [0.1, 0.15) is 6.10 Å². The van der Waals surface area contributed by atoms with Crippen LogP contribution in [0.2, 0.25) is 0 Å². The van der Waals surface area contributed by atoms with Crippen LogP contribution in [0.5, 0.6) is 0 Å². The van der Waals surface area contributed by atoms with Gasteiger partial charge in [0.05, 0.1) is 13.2 Å². The van der Waals surface area contributed by atoms with Gasteiger partial charge in [0.15, 0.2) is 0 Å². The molecule has 0 amide bonds. The van der Waals surface area contributed by atoms with Crippen LogP contribution >= 0.6 is 0 Å². The Morgan fingerprint density at radius 3 is 2.33 bits per heavy atom. The average Bonchev–Trinajstić information content (AvgIpc) is 2.68. The summed E-state index contributed by atoms with van der Waals surface area (Å²) >= 11 is 0. The third-order valence-electron chi connectivity index (χ3n) is 1.39. The molecule has 2 aliphatic heterocycles. The highest BCUT2D eigenvalue weighted by Crippen LogP contribution is 2.08. The Balaban J connectivity index is 0.000000150. The van der Waals surface area contributed by atoms with Crippen molar-refractivity contribution in [2.75, 3.05) is 19.8 Å². The number of epoxide rings is 1. The van der Waals surface area contributed by atoms with Crippen molar-refractivity contribution < 1.29 is 17.7 Å². The molecule has 0 aromatic heterocycles. The van der Waals surface area contributed by atoms with E-state index in [1.54, 1.807) is 0 Å². The molecule has 6 heteroatoms. The van der Waals surface area contributed by atoms with Crippen molar-refractivity contribution in [3.8, 4) is 0 Å². The topological polar surface area (TPSA) is 40.2 Å². The zero-order valence-electron chi connectivity index (χ0n) is 7.45. The van der Waals surface area contributed by atoms with E-state index < -0.39 is 0 Å². The fourth-order valence-corrected chi connectivity index (χ4v) is 1.27. The Morgan fingerprint density at radius 1 is 1.42 bits per heavy atom. The molecule has 1 unspecified atom stereocenters. The largest absolute Gasteiger partial charge is 0.425 e. The first-order valence-electron chi connectivity index (χ1n) is 4.28. The second-order valence-electron chi connectivity index (χ2n) is 2.67. The molecular weight excluding hydrogens is 192 g/mol. The van der Waals surface area contributed by atoms with E-state index in [0.29, 0.717) is 6.10 Å². The molecule has 2 rings (SSSR count). The van der Waals surface area contributed by atoms with E-state index in [9.17, 15) is 0 Å². The van der Waals surface area contributed by atoms with Crippen LogP contribution in [0.1, 0.15) is 13.3 Å². The van der Waals surface area contributed by atoms with E-state index in [-0.39, 0.29) is 20.0 Å². The van der Waals surface area contributed by atoms with E-state index in [2.05, 4.69) is 6.92 Å². The van der Waals surface area contributed by atoms with Gasteiger partial charge in [0, 0.05) is 6.61 Å². The normalized spacial score (nSPS) is 29.2. The van der Waals surface area contributed by atoms with Crippen LogP contribution < -0.4 is 0 Å². The van der Waals surface area contributed by atoms with Crippen molar-refractivity contribution in [2.24, 2.45) is 0 Å². The summed E-state index contributed by atoms with van der Waals surface area (Å²) in [6.07, 6.45) is 1.54. The van der Waals surface area contributed by atoms with E-state index in [1.807, 2.05) is 0 Å². The van der Waals surface area contributed by atoms with Crippen molar-refractivity contribution in [3.05, 3.63) is 0 Å². The van der Waals surface area contributed by atoms with Crippen LogP contribution in [0.15, 0.2) is 0 Å². The standard InChI is InChI=1S/C6H12O2.H4O2Si2/c1-2-3-7-4-6-5-8-6;1-3-2-4-1/h6H,2-5H2,1H3;3-4H2. The van der Waals surface area contributed by atoms with Gasteiger partial charge in [0.2, 0.25) is 0 Å². The van der Waals surface area contributed by atoms with Crippen molar-refractivity contribution in [1.82, 2.24) is 0 Å².